The number of aromatic nitrogens is 1. The smallest absolute Gasteiger partial charge is 0.258 e. The topological polar surface area (TPSA) is 56.0 Å². The van der Waals surface area contributed by atoms with Crippen molar-refractivity contribution in [1.29, 1.82) is 0 Å². The van der Waals surface area contributed by atoms with Crippen molar-refractivity contribution in [1.82, 2.24) is 4.98 Å². The second kappa shape index (κ2) is 5.39. The van der Waals surface area contributed by atoms with Crippen LogP contribution in [0.5, 0.6) is 0 Å². The number of hydrogen-bond acceptors (Lipinski definition) is 3. The summed E-state index contributed by atoms with van der Waals surface area (Å²) in [5.74, 6) is 0. The van der Waals surface area contributed by atoms with Gasteiger partial charge in [0.15, 0.2) is 4.60 Å². The van der Waals surface area contributed by atoms with E-state index >= 15 is 0 Å². The Kier molecular flexibility index (Phi) is 4.41. The number of rotatable bonds is 4. The van der Waals surface area contributed by atoms with Gasteiger partial charge in [0, 0.05) is 11.3 Å². The quantitative estimate of drug-likeness (QED) is 0.482. The van der Waals surface area contributed by atoms with Crippen LogP contribution in [-0.4, -0.2) is 9.91 Å². The van der Waals surface area contributed by atoms with Crippen LogP contribution < -0.4 is 0 Å². The molecule has 0 radical (unpaired) electrons. The van der Waals surface area contributed by atoms with Gasteiger partial charge < -0.3 is 0 Å². The van der Waals surface area contributed by atoms with Crippen molar-refractivity contribution < 1.29 is 4.92 Å². The zero-order valence-electron chi connectivity index (χ0n) is 9.71. The molecule has 0 saturated carbocycles. The maximum atomic E-state index is 10.9. The highest BCUT2D eigenvalue weighted by atomic mass is 79.9. The van der Waals surface area contributed by atoms with Gasteiger partial charge in [-0.25, -0.2) is 4.98 Å². The summed E-state index contributed by atoms with van der Waals surface area (Å²) in [6, 6.07) is 0. The van der Waals surface area contributed by atoms with Gasteiger partial charge in [-0.15, -0.1) is 0 Å². The summed E-state index contributed by atoms with van der Waals surface area (Å²) in [5.41, 5.74) is 2.72. The summed E-state index contributed by atoms with van der Waals surface area (Å²) in [6.07, 6.45) is 2.96. The molecule has 1 aromatic heterocycles. The standard InChI is InChI=1S/C11H15BrN2O2/c1-4-5-6-9-7(2)10(14(15)16)11(12)13-8(9)3/h4-6H2,1-3H3. The number of halogens is 1. The Bertz CT molecular complexity index is 419. The molecule has 0 bridgehead atoms. The molecular formula is C11H15BrN2O2. The average Bonchev–Trinajstić information content (AvgIpc) is 2.16. The number of nitrogens with zero attached hydrogens (tertiary/aromatic N) is 2. The lowest BCUT2D eigenvalue weighted by Gasteiger charge is -2.10. The minimum atomic E-state index is -0.374. The third-order valence-electron chi connectivity index (χ3n) is 2.67. The second-order valence-electron chi connectivity index (χ2n) is 3.80. The van der Waals surface area contributed by atoms with Gasteiger partial charge >= 0.3 is 5.69 Å². The molecule has 4 nitrogen and oxygen atoms in total. The number of pyridine rings is 1. The minimum absolute atomic E-state index is 0.0942. The van der Waals surface area contributed by atoms with Crippen LogP contribution in [0.4, 0.5) is 5.69 Å². The van der Waals surface area contributed by atoms with E-state index in [0.29, 0.717) is 4.60 Å². The molecule has 0 N–H and O–H groups in total. The summed E-state index contributed by atoms with van der Waals surface area (Å²) < 4.78 is 0.327. The average molecular weight is 287 g/mol. The summed E-state index contributed by atoms with van der Waals surface area (Å²) in [4.78, 5) is 14.7. The molecule has 1 aromatic rings. The van der Waals surface area contributed by atoms with E-state index in [-0.39, 0.29) is 10.6 Å². The lowest BCUT2D eigenvalue weighted by Crippen LogP contribution is -2.03. The molecule has 0 fully saturated rings. The zero-order chi connectivity index (χ0) is 12.3. The van der Waals surface area contributed by atoms with Gasteiger partial charge in [-0.2, -0.15) is 0 Å². The first-order valence-corrected chi connectivity index (χ1v) is 6.08. The van der Waals surface area contributed by atoms with Crippen LogP contribution in [0.3, 0.4) is 0 Å². The third kappa shape index (κ3) is 2.58. The van der Waals surface area contributed by atoms with E-state index < -0.39 is 0 Å². The van der Waals surface area contributed by atoms with Crippen molar-refractivity contribution in [2.24, 2.45) is 0 Å². The second-order valence-corrected chi connectivity index (χ2v) is 4.55. The van der Waals surface area contributed by atoms with Gasteiger partial charge in [0.1, 0.15) is 0 Å². The Morgan fingerprint density at radius 3 is 2.56 bits per heavy atom. The molecule has 0 aliphatic rings. The molecule has 0 amide bonds. The van der Waals surface area contributed by atoms with Crippen molar-refractivity contribution >= 4 is 21.6 Å². The number of nitro groups is 1. The Hall–Kier alpha value is -0.970. The van der Waals surface area contributed by atoms with E-state index in [1.54, 1.807) is 6.92 Å². The molecule has 5 heteroatoms. The third-order valence-corrected chi connectivity index (χ3v) is 3.22. The zero-order valence-corrected chi connectivity index (χ0v) is 11.3. The molecule has 0 saturated heterocycles. The monoisotopic (exact) mass is 286 g/mol. The van der Waals surface area contributed by atoms with E-state index in [1.807, 2.05) is 6.92 Å². The highest BCUT2D eigenvalue weighted by Crippen LogP contribution is 2.31. The maximum Gasteiger partial charge on any atom is 0.305 e. The Labute approximate surface area is 103 Å². The largest absolute Gasteiger partial charge is 0.305 e. The first-order chi connectivity index (χ1) is 7.49. The van der Waals surface area contributed by atoms with Gasteiger partial charge in [-0.05, 0) is 48.2 Å². The first kappa shape index (κ1) is 13.1. The normalized spacial score (nSPS) is 10.5. The van der Waals surface area contributed by atoms with Crippen LogP contribution in [0.1, 0.15) is 36.6 Å². The molecule has 0 aliphatic heterocycles. The number of unbranched alkanes of at least 4 members (excludes halogenated alkanes) is 1. The van der Waals surface area contributed by atoms with Crippen molar-refractivity contribution in [3.8, 4) is 0 Å². The molecular weight excluding hydrogens is 272 g/mol. The van der Waals surface area contributed by atoms with Gasteiger partial charge in [0.2, 0.25) is 0 Å². The Balaban J connectivity index is 3.27. The molecule has 88 valence electrons. The Morgan fingerprint density at radius 1 is 1.44 bits per heavy atom. The summed E-state index contributed by atoms with van der Waals surface area (Å²) >= 11 is 3.15. The maximum absolute atomic E-state index is 10.9. The lowest BCUT2D eigenvalue weighted by atomic mass is 10.0. The van der Waals surface area contributed by atoms with Gasteiger partial charge in [-0.3, -0.25) is 10.1 Å². The van der Waals surface area contributed by atoms with Crippen LogP contribution in [-0.2, 0) is 6.42 Å². The van der Waals surface area contributed by atoms with Gasteiger partial charge in [-0.1, -0.05) is 13.3 Å². The molecule has 0 spiro atoms. The van der Waals surface area contributed by atoms with Crippen molar-refractivity contribution in [3.63, 3.8) is 0 Å². The molecule has 0 aliphatic carbocycles. The predicted molar refractivity (Wildman–Crippen MR) is 66.7 cm³/mol. The predicted octanol–water partition coefficient (Wildman–Crippen LogP) is 3.71. The minimum Gasteiger partial charge on any atom is -0.258 e. The molecule has 1 rings (SSSR count). The van der Waals surface area contributed by atoms with Crippen LogP contribution in [0, 0.1) is 24.0 Å². The highest BCUT2D eigenvalue weighted by Gasteiger charge is 2.21. The number of aryl methyl sites for hydroxylation is 1. The first-order valence-electron chi connectivity index (χ1n) is 5.29. The lowest BCUT2D eigenvalue weighted by molar-refractivity contribution is -0.386. The summed E-state index contributed by atoms with van der Waals surface area (Å²) in [5, 5.41) is 10.9. The van der Waals surface area contributed by atoms with Crippen LogP contribution in [0.2, 0.25) is 0 Å². The van der Waals surface area contributed by atoms with Crippen molar-refractivity contribution in [2.45, 2.75) is 40.0 Å². The van der Waals surface area contributed by atoms with Gasteiger partial charge in [0.25, 0.3) is 0 Å². The SMILES string of the molecule is CCCCc1c(C)nc(Br)c([N+](=O)[O-])c1C. The molecule has 0 atom stereocenters. The molecule has 0 aromatic carbocycles. The fraction of sp³-hybridized carbons (Fsp3) is 0.545. The summed E-state index contributed by atoms with van der Waals surface area (Å²) in [6.45, 7) is 5.79. The fourth-order valence-corrected chi connectivity index (χ4v) is 2.48. The van der Waals surface area contributed by atoms with Crippen LogP contribution >= 0.6 is 15.9 Å². The highest BCUT2D eigenvalue weighted by molar-refractivity contribution is 9.10. The molecule has 1 heterocycles. The van der Waals surface area contributed by atoms with Crippen LogP contribution in [0.15, 0.2) is 4.60 Å². The fourth-order valence-electron chi connectivity index (χ4n) is 1.77. The van der Waals surface area contributed by atoms with E-state index in [4.69, 9.17) is 0 Å². The molecule has 16 heavy (non-hydrogen) atoms. The van der Waals surface area contributed by atoms with E-state index in [1.165, 1.54) is 0 Å². The number of hydrogen-bond donors (Lipinski definition) is 0. The van der Waals surface area contributed by atoms with Crippen molar-refractivity contribution in [3.05, 3.63) is 31.5 Å². The van der Waals surface area contributed by atoms with E-state index in [0.717, 1.165) is 36.1 Å². The van der Waals surface area contributed by atoms with E-state index in [9.17, 15) is 10.1 Å². The Morgan fingerprint density at radius 2 is 2.06 bits per heavy atom. The van der Waals surface area contributed by atoms with E-state index in [2.05, 4.69) is 27.8 Å². The van der Waals surface area contributed by atoms with Crippen molar-refractivity contribution in [2.75, 3.05) is 0 Å². The molecule has 0 unspecified atom stereocenters. The summed E-state index contributed by atoms with van der Waals surface area (Å²) in [7, 11) is 0. The van der Waals surface area contributed by atoms with Crippen LogP contribution in [0.25, 0.3) is 0 Å². The van der Waals surface area contributed by atoms with Gasteiger partial charge in [0.05, 0.1) is 4.92 Å².